The van der Waals surface area contributed by atoms with E-state index in [0.29, 0.717) is 24.5 Å². The van der Waals surface area contributed by atoms with Crippen LogP contribution in [0.3, 0.4) is 0 Å². The number of nitrogens with zero attached hydrogens (tertiary/aromatic N) is 1. The van der Waals surface area contributed by atoms with Crippen LogP contribution in [0.4, 0.5) is 4.39 Å². The number of benzene rings is 1. The third-order valence-electron chi connectivity index (χ3n) is 4.06. The first-order valence-electron chi connectivity index (χ1n) is 8.02. The second-order valence-electron chi connectivity index (χ2n) is 5.86. The van der Waals surface area contributed by atoms with Crippen LogP contribution in [-0.2, 0) is 21.8 Å². The predicted molar refractivity (Wildman–Crippen MR) is 89.3 cm³/mol. The summed E-state index contributed by atoms with van der Waals surface area (Å²) < 4.78 is 29.2. The number of methoxy groups -OCH3 is 1. The van der Waals surface area contributed by atoms with Gasteiger partial charge in [0.15, 0.2) is 17.2 Å². The van der Waals surface area contributed by atoms with Crippen molar-refractivity contribution >= 4 is 5.91 Å². The Morgan fingerprint density at radius 1 is 1.35 bits per heavy atom. The zero-order valence-corrected chi connectivity index (χ0v) is 14.4. The summed E-state index contributed by atoms with van der Waals surface area (Å²) in [7, 11) is 1.37. The summed E-state index contributed by atoms with van der Waals surface area (Å²) >= 11 is 0. The third-order valence-corrected chi connectivity index (χ3v) is 4.06. The highest BCUT2D eigenvalue weighted by Gasteiger charge is 2.37. The molecule has 1 amide bonds. The highest BCUT2D eigenvalue weighted by molar-refractivity contribution is 5.95. The molecule has 0 atom stereocenters. The van der Waals surface area contributed by atoms with Gasteiger partial charge in [0.25, 0.3) is 5.91 Å². The molecule has 0 bridgehead atoms. The normalized spacial score (nSPS) is 15.7. The number of nitrogens with one attached hydrogen (secondary N) is 1. The van der Waals surface area contributed by atoms with E-state index in [1.807, 2.05) is 0 Å². The van der Waals surface area contributed by atoms with Crippen molar-refractivity contribution in [1.29, 1.82) is 0 Å². The summed E-state index contributed by atoms with van der Waals surface area (Å²) in [6.07, 6.45) is 0. The number of hydrogen-bond donors (Lipinski definition) is 2. The van der Waals surface area contributed by atoms with Gasteiger partial charge < -0.3 is 24.6 Å². The summed E-state index contributed by atoms with van der Waals surface area (Å²) in [5.41, 5.74) is 0.815. The maximum absolute atomic E-state index is 12.9. The number of ether oxygens (including phenoxy) is 3. The summed E-state index contributed by atoms with van der Waals surface area (Å²) in [5.74, 6) is -2.38. The Balaban J connectivity index is 1.85. The highest BCUT2D eigenvalue weighted by atomic mass is 19.1. The van der Waals surface area contributed by atoms with Gasteiger partial charge in [-0.15, -0.1) is 0 Å². The first-order chi connectivity index (χ1) is 12.4. The minimum absolute atomic E-state index is 0.0854. The first-order valence-corrected chi connectivity index (χ1v) is 8.02. The van der Waals surface area contributed by atoms with Crippen LogP contribution in [0.2, 0.25) is 0 Å². The molecule has 1 saturated heterocycles. The van der Waals surface area contributed by atoms with Crippen LogP contribution >= 0.6 is 0 Å². The molecule has 138 valence electrons. The lowest BCUT2D eigenvalue weighted by Crippen LogP contribution is -2.28. The number of carbonyl (C=O) groups excluding carboxylic acids is 1. The topological polar surface area (TPSA) is 89.9 Å². The standard InChI is InChI=1S/C18H19FN2O5/c1-18(25-7-8-26-18)14-9-13(24-2)16(22)15(21-14)17(23)20-10-11-3-5-12(19)6-4-11/h3-6,9,22H,7-8,10H2,1-2H3,(H,20,23). The van der Waals surface area contributed by atoms with Crippen LogP contribution in [-0.4, -0.2) is 36.3 Å². The van der Waals surface area contributed by atoms with E-state index in [-0.39, 0.29) is 29.6 Å². The first kappa shape index (κ1) is 18.1. The van der Waals surface area contributed by atoms with Crippen LogP contribution in [0.15, 0.2) is 30.3 Å². The zero-order valence-electron chi connectivity index (χ0n) is 14.4. The molecule has 1 aliphatic rings. The van der Waals surface area contributed by atoms with Crippen LogP contribution < -0.4 is 10.1 Å². The van der Waals surface area contributed by atoms with E-state index < -0.39 is 11.7 Å². The number of aromatic hydroxyl groups is 1. The maximum atomic E-state index is 12.9. The molecule has 7 nitrogen and oxygen atoms in total. The molecule has 2 aromatic rings. The van der Waals surface area contributed by atoms with Gasteiger partial charge in [-0.05, 0) is 24.6 Å². The van der Waals surface area contributed by atoms with Crippen LogP contribution in [0.25, 0.3) is 0 Å². The monoisotopic (exact) mass is 362 g/mol. The Morgan fingerprint density at radius 2 is 2.00 bits per heavy atom. The molecule has 1 aromatic carbocycles. The van der Waals surface area contributed by atoms with Gasteiger partial charge in [0.2, 0.25) is 5.79 Å². The second kappa shape index (κ2) is 7.27. The predicted octanol–water partition coefficient (Wildman–Crippen LogP) is 2.08. The molecule has 3 rings (SSSR count). The minimum Gasteiger partial charge on any atom is -0.503 e. The van der Waals surface area contributed by atoms with Crippen molar-refractivity contribution in [3.63, 3.8) is 0 Å². The molecule has 26 heavy (non-hydrogen) atoms. The third kappa shape index (κ3) is 3.61. The van der Waals surface area contributed by atoms with Crippen molar-refractivity contribution in [1.82, 2.24) is 10.3 Å². The molecule has 2 N–H and O–H groups in total. The number of carbonyl (C=O) groups is 1. The molecule has 8 heteroatoms. The number of halogens is 1. The van der Waals surface area contributed by atoms with Crippen molar-refractivity contribution in [2.24, 2.45) is 0 Å². The molecule has 1 aromatic heterocycles. The number of pyridine rings is 1. The van der Waals surface area contributed by atoms with Gasteiger partial charge in [0.05, 0.1) is 20.3 Å². The molecule has 0 unspecified atom stereocenters. The molecule has 0 saturated carbocycles. The van der Waals surface area contributed by atoms with Gasteiger partial charge in [-0.25, -0.2) is 9.37 Å². The lowest BCUT2D eigenvalue weighted by molar-refractivity contribution is -0.152. The Morgan fingerprint density at radius 3 is 2.62 bits per heavy atom. The zero-order chi connectivity index (χ0) is 18.7. The number of rotatable bonds is 5. The maximum Gasteiger partial charge on any atom is 0.274 e. The smallest absolute Gasteiger partial charge is 0.274 e. The minimum atomic E-state index is -1.12. The van der Waals surface area contributed by atoms with Gasteiger partial charge in [0, 0.05) is 12.6 Å². The van der Waals surface area contributed by atoms with Crippen molar-refractivity contribution < 1.29 is 28.5 Å². The van der Waals surface area contributed by atoms with E-state index in [1.54, 1.807) is 19.1 Å². The quantitative estimate of drug-likeness (QED) is 0.847. The summed E-state index contributed by atoms with van der Waals surface area (Å²) in [5, 5.41) is 12.9. The SMILES string of the molecule is COc1cc(C2(C)OCCO2)nc(C(=O)NCc2ccc(F)cc2)c1O. The Hall–Kier alpha value is -2.71. The molecule has 0 aliphatic carbocycles. The van der Waals surface area contributed by atoms with Gasteiger partial charge in [0.1, 0.15) is 11.5 Å². The van der Waals surface area contributed by atoms with Gasteiger partial charge in [-0.1, -0.05) is 12.1 Å². The number of amides is 1. The average molecular weight is 362 g/mol. The van der Waals surface area contributed by atoms with E-state index in [9.17, 15) is 14.3 Å². The van der Waals surface area contributed by atoms with E-state index in [4.69, 9.17) is 14.2 Å². The summed E-state index contributed by atoms with van der Waals surface area (Å²) in [4.78, 5) is 16.7. The fourth-order valence-corrected chi connectivity index (χ4v) is 2.59. The average Bonchev–Trinajstić information content (AvgIpc) is 3.09. The van der Waals surface area contributed by atoms with Crippen molar-refractivity contribution in [2.75, 3.05) is 20.3 Å². The Kier molecular flexibility index (Phi) is 5.06. The summed E-state index contributed by atoms with van der Waals surface area (Å²) in [6.45, 7) is 2.62. The fourth-order valence-electron chi connectivity index (χ4n) is 2.59. The van der Waals surface area contributed by atoms with Crippen LogP contribution in [0, 0.1) is 5.82 Å². The van der Waals surface area contributed by atoms with Gasteiger partial charge in [-0.3, -0.25) is 4.79 Å². The largest absolute Gasteiger partial charge is 0.503 e. The molecular formula is C18H19FN2O5. The van der Waals surface area contributed by atoms with Gasteiger partial charge in [-0.2, -0.15) is 0 Å². The van der Waals surface area contributed by atoms with E-state index in [2.05, 4.69) is 10.3 Å². The van der Waals surface area contributed by atoms with Crippen molar-refractivity contribution in [2.45, 2.75) is 19.3 Å². The number of aromatic nitrogens is 1. The highest BCUT2D eigenvalue weighted by Crippen LogP contribution is 2.36. The van der Waals surface area contributed by atoms with Crippen LogP contribution in [0.1, 0.15) is 28.7 Å². The van der Waals surface area contributed by atoms with Crippen molar-refractivity contribution in [3.05, 3.63) is 53.1 Å². The number of hydrogen-bond acceptors (Lipinski definition) is 6. The molecule has 2 heterocycles. The molecular weight excluding hydrogens is 343 g/mol. The molecule has 1 fully saturated rings. The molecule has 0 spiro atoms. The van der Waals surface area contributed by atoms with Gasteiger partial charge >= 0.3 is 0 Å². The Bertz CT molecular complexity index is 804. The second-order valence-corrected chi connectivity index (χ2v) is 5.86. The van der Waals surface area contributed by atoms with Crippen LogP contribution in [0.5, 0.6) is 11.5 Å². The summed E-state index contributed by atoms with van der Waals surface area (Å²) in [6, 6.07) is 7.19. The molecule has 0 radical (unpaired) electrons. The molecule has 1 aliphatic heterocycles. The lowest BCUT2D eigenvalue weighted by atomic mass is 10.1. The Labute approximate surface area is 149 Å². The van der Waals surface area contributed by atoms with E-state index >= 15 is 0 Å². The van der Waals surface area contributed by atoms with E-state index in [0.717, 1.165) is 0 Å². The van der Waals surface area contributed by atoms with Crippen molar-refractivity contribution in [3.8, 4) is 11.5 Å². The van der Waals surface area contributed by atoms with E-state index in [1.165, 1.54) is 25.3 Å². The fraction of sp³-hybridized carbons (Fsp3) is 0.333. The lowest BCUT2D eigenvalue weighted by Gasteiger charge is -2.23.